The second kappa shape index (κ2) is 3.71. The number of fused-ring (bicyclic) bond motifs is 2. The molecule has 0 aromatic carbocycles. The van der Waals surface area contributed by atoms with E-state index in [1.807, 2.05) is 6.92 Å². The SMILES string of the molecule is CC1=CC(=O)C2Cc3sc(=O)sc3C[C@@]2(C)C1=O. The molecule has 2 atom stereocenters. The second-order valence-electron chi connectivity index (χ2n) is 5.21. The fourth-order valence-electron chi connectivity index (χ4n) is 2.98. The first-order valence-electron chi connectivity index (χ1n) is 5.80. The van der Waals surface area contributed by atoms with Crippen LogP contribution in [0.2, 0.25) is 0 Å². The lowest BCUT2D eigenvalue weighted by atomic mass is 9.61. The lowest BCUT2D eigenvalue weighted by Gasteiger charge is -2.40. The van der Waals surface area contributed by atoms with E-state index in [-0.39, 0.29) is 21.5 Å². The summed E-state index contributed by atoms with van der Waals surface area (Å²) in [6.07, 6.45) is 2.55. The Morgan fingerprint density at radius 2 is 1.89 bits per heavy atom. The topological polar surface area (TPSA) is 51.2 Å². The van der Waals surface area contributed by atoms with E-state index in [9.17, 15) is 14.4 Å². The number of hydrogen-bond donors (Lipinski definition) is 0. The molecule has 18 heavy (non-hydrogen) atoms. The minimum atomic E-state index is -0.646. The highest BCUT2D eigenvalue weighted by Crippen LogP contribution is 2.46. The number of ketones is 2. The van der Waals surface area contributed by atoms with Gasteiger partial charge in [-0.05, 0) is 31.4 Å². The fraction of sp³-hybridized carbons (Fsp3) is 0.462. The van der Waals surface area contributed by atoms with Gasteiger partial charge in [-0.2, -0.15) is 0 Å². The molecular weight excluding hydrogens is 268 g/mol. The van der Waals surface area contributed by atoms with Crippen LogP contribution in [0.4, 0.5) is 0 Å². The third kappa shape index (κ3) is 1.50. The number of carbonyl (C=O) groups is 2. The first-order chi connectivity index (χ1) is 8.41. The minimum Gasteiger partial charge on any atom is -0.294 e. The van der Waals surface area contributed by atoms with Crippen molar-refractivity contribution in [3.05, 3.63) is 30.3 Å². The maximum Gasteiger partial charge on any atom is 0.287 e. The monoisotopic (exact) mass is 280 g/mol. The third-order valence-electron chi connectivity index (χ3n) is 3.99. The molecule has 0 fully saturated rings. The maximum atomic E-state index is 12.4. The molecule has 2 aliphatic rings. The van der Waals surface area contributed by atoms with Crippen LogP contribution in [0.3, 0.4) is 0 Å². The van der Waals surface area contributed by atoms with Gasteiger partial charge in [-0.15, -0.1) is 0 Å². The normalized spacial score (nSPS) is 30.8. The molecule has 1 aromatic rings. The van der Waals surface area contributed by atoms with Crippen LogP contribution in [-0.2, 0) is 22.4 Å². The van der Waals surface area contributed by atoms with Crippen LogP contribution in [0, 0.1) is 11.3 Å². The zero-order valence-electron chi connectivity index (χ0n) is 10.1. The molecule has 94 valence electrons. The molecule has 0 radical (unpaired) electrons. The van der Waals surface area contributed by atoms with Crippen molar-refractivity contribution < 1.29 is 9.59 Å². The number of Topliss-reactive ketones (excluding diaryl/α,β-unsaturated/α-hetero) is 1. The Kier molecular flexibility index (Phi) is 2.47. The highest BCUT2D eigenvalue weighted by Gasteiger charge is 2.50. The predicted octanol–water partition coefficient (Wildman–Crippen LogP) is 1.99. The van der Waals surface area contributed by atoms with E-state index in [4.69, 9.17) is 0 Å². The zero-order chi connectivity index (χ0) is 13.1. The summed E-state index contributed by atoms with van der Waals surface area (Å²) in [5.41, 5.74) is -0.0998. The minimum absolute atomic E-state index is 0.0334. The molecule has 0 spiro atoms. The fourth-order valence-corrected chi connectivity index (χ4v) is 5.40. The van der Waals surface area contributed by atoms with Crippen molar-refractivity contribution in [1.82, 2.24) is 0 Å². The van der Waals surface area contributed by atoms with Crippen LogP contribution in [0.5, 0.6) is 0 Å². The lowest BCUT2D eigenvalue weighted by molar-refractivity contribution is -0.136. The van der Waals surface area contributed by atoms with Crippen molar-refractivity contribution in [3.63, 3.8) is 0 Å². The van der Waals surface area contributed by atoms with Crippen LogP contribution in [-0.4, -0.2) is 11.6 Å². The smallest absolute Gasteiger partial charge is 0.287 e. The average Bonchev–Trinajstić information content (AvgIpc) is 2.64. The molecule has 1 aromatic heterocycles. The molecule has 0 aliphatic heterocycles. The Balaban J connectivity index is 2.15. The molecule has 3 rings (SSSR count). The van der Waals surface area contributed by atoms with Gasteiger partial charge in [-0.25, -0.2) is 0 Å². The van der Waals surface area contributed by atoms with E-state index in [0.717, 1.165) is 9.75 Å². The largest absolute Gasteiger partial charge is 0.294 e. The van der Waals surface area contributed by atoms with Crippen molar-refractivity contribution in [1.29, 1.82) is 0 Å². The molecule has 1 heterocycles. The molecule has 0 bridgehead atoms. The van der Waals surface area contributed by atoms with Crippen molar-refractivity contribution >= 4 is 34.2 Å². The Morgan fingerprint density at radius 3 is 2.61 bits per heavy atom. The van der Waals surface area contributed by atoms with E-state index in [1.165, 1.54) is 28.7 Å². The van der Waals surface area contributed by atoms with Gasteiger partial charge in [0, 0.05) is 21.1 Å². The number of carbonyl (C=O) groups excluding carboxylic acids is 2. The summed E-state index contributed by atoms with van der Waals surface area (Å²) < 4.78 is 0.0619. The Hall–Kier alpha value is -1.07. The Labute approximate surface area is 112 Å². The van der Waals surface area contributed by atoms with Gasteiger partial charge >= 0.3 is 0 Å². The molecule has 0 amide bonds. The lowest BCUT2D eigenvalue weighted by Crippen LogP contribution is -2.48. The van der Waals surface area contributed by atoms with E-state index in [2.05, 4.69) is 0 Å². The first-order valence-corrected chi connectivity index (χ1v) is 7.44. The summed E-state index contributed by atoms with van der Waals surface area (Å²) in [5, 5.41) is 0. The molecule has 0 saturated heterocycles. The van der Waals surface area contributed by atoms with Crippen molar-refractivity contribution in [2.75, 3.05) is 0 Å². The molecule has 0 N–H and O–H groups in total. The summed E-state index contributed by atoms with van der Waals surface area (Å²) in [7, 11) is 0. The zero-order valence-corrected chi connectivity index (χ0v) is 11.7. The number of allylic oxidation sites excluding steroid dienone is 2. The van der Waals surface area contributed by atoms with Crippen LogP contribution >= 0.6 is 22.7 Å². The summed E-state index contributed by atoms with van der Waals surface area (Å²) >= 11 is 2.46. The van der Waals surface area contributed by atoms with Crippen LogP contribution in [0.1, 0.15) is 23.6 Å². The molecule has 1 unspecified atom stereocenters. The quantitative estimate of drug-likeness (QED) is 0.730. The number of rotatable bonds is 0. The predicted molar refractivity (Wildman–Crippen MR) is 71.2 cm³/mol. The van der Waals surface area contributed by atoms with E-state index < -0.39 is 5.41 Å². The molecule has 5 heteroatoms. The molecule has 2 aliphatic carbocycles. The first kappa shape index (κ1) is 12.0. The van der Waals surface area contributed by atoms with Crippen LogP contribution in [0.25, 0.3) is 0 Å². The number of hydrogen-bond acceptors (Lipinski definition) is 5. The Bertz CT molecular complexity index is 649. The van der Waals surface area contributed by atoms with Gasteiger partial charge in [0.25, 0.3) is 4.06 Å². The summed E-state index contributed by atoms with van der Waals surface area (Å²) in [6.45, 7) is 3.57. The average molecular weight is 280 g/mol. The van der Waals surface area contributed by atoms with Crippen molar-refractivity contribution in [2.45, 2.75) is 26.7 Å². The van der Waals surface area contributed by atoms with Gasteiger partial charge in [-0.3, -0.25) is 14.4 Å². The van der Waals surface area contributed by atoms with Gasteiger partial charge in [-0.1, -0.05) is 29.6 Å². The van der Waals surface area contributed by atoms with Crippen molar-refractivity contribution in [3.8, 4) is 0 Å². The van der Waals surface area contributed by atoms with Gasteiger partial charge in [0.2, 0.25) is 0 Å². The second-order valence-corrected chi connectivity index (χ2v) is 7.60. The highest BCUT2D eigenvalue weighted by molar-refractivity contribution is 7.27. The highest BCUT2D eigenvalue weighted by atomic mass is 32.2. The molecule has 3 nitrogen and oxygen atoms in total. The third-order valence-corrected chi connectivity index (χ3v) is 6.25. The maximum absolute atomic E-state index is 12.4. The molecule has 0 saturated carbocycles. The summed E-state index contributed by atoms with van der Waals surface area (Å²) in [5.74, 6) is -0.193. The van der Waals surface area contributed by atoms with Gasteiger partial charge in [0.15, 0.2) is 11.6 Å². The van der Waals surface area contributed by atoms with Gasteiger partial charge < -0.3 is 0 Å². The van der Waals surface area contributed by atoms with E-state index in [1.54, 1.807) is 6.92 Å². The standard InChI is InChI=1S/C13H12O3S2/c1-6-3-8(14)7-4-9-10(18-12(16)17-9)5-13(7,2)11(6)15/h3,7H,4-5H2,1-2H3/t7?,13-/m1/s1. The van der Waals surface area contributed by atoms with E-state index >= 15 is 0 Å². The summed E-state index contributed by atoms with van der Waals surface area (Å²) in [6, 6.07) is 0. The van der Waals surface area contributed by atoms with Crippen molar-refractivity contribution in [2.24, 2.45) is 11.3 Å². The van der Waals surface area contributed by atoms with E-state index in [0.29, 0.717) is 18.4 Å². The van der Waals surface area contributed by atoms with Gasteiger partial charge in [0.05, 0.1) is 0 Å². The van der Waals surface area contributed by atoms with Crippen LogP contribution in [0.15, 0.2) is 16.4 Å². The molecular formula is C13H12O3S2. The summed E-state index contributed by atoms with van der Waals surface area (Å²) in [4.78, 5) is 37.9. The van der Waals surface area contributed by atoms with Crippen LogP contribution < -0.4 is 4.06 Å². The Morgan fingerprint density at radius 1 is 1.22 bits per heavy atom. The van der Waals surface area contributed by atoms with Gasteiger partial charge in [0.1, 0.15) is 0 Å².